The van der Waals surface area contributed by atoms with Crippen molar-refractivity contribution in [3.63, 3.8) is 0 Å². The van der Waals surface area contributed by atoms with Crippen molar-refractivity contribution in [3.8, 4) is 0 Å². The molecule has 0 radical (unpaired) electrons. The number of rotatable bonds is 4. The number of carbonyl (C=O) groups is 3. The van der Waals surface area contributed by atoms with Crippen LogP contribution in [0.15, 0.2) is 114 Å². The minimum Gasteiger partial charge on any atom is -0.352 e. The van der Waals surface area contributed by atoms with E-state index in [0.717, 1.165) is 21.3 Å². The van der Waals surface area contributed by atoms with E-state index >= 15 is 0 Å². The van der Waals surface area contributed by atoms with Crippen molar-refractivity contribution in [1.82, 2.24) is 0 Å². The molecule has 1 amide bonds. The van der Waals surface area contributed by atoms with Crippen molar-refractivity contribution in [3.05, 3.63) is 136 Å². The van der Waals surface area contributed by atoms with Crippen LogP contribution in [-0.4, -0.2) is 29.6 Å². The number of hydrogen-bond donors (Lipinski definition) is 1. The van der Waals surface area contributed by atoms with Crippen molar-refractivity contribution in [1.29, 1.82) is 0 Å². The molecule has 1 saturated heterocycles. The summed E-state index contributed by atoms with van der Waals surface area (Å²) in [5.41, 5.74) is 2.83. The Balaban J connectivity index is 1.55. The summed E-state index contributed by atoms with van der Waals surface area (Å²) in [5.74, 6) is -1.65. The Hall–Kier alpha value is -4.29. The number of fused-ring (bicyclic) bond motifs is 6. The van der Waals surface area contributed by atoms with Crippen LogP contribution in [0.25, 0.3) is 6.08 Å². The number of anilines is 2. The van der Waals surface area contributed by atoms with Gasteiger partial charge in [-0.2, -0.15) is 0 Å². The number of para-hydroxylation sites is 1. The van der Waals surface area contributed by atoms with Gasteiger partial charge in [0, 0.05) is 27.0 Å². The molecule has 1 spiro atoms. The molecule has 0 bridgehead atoms. The molecule has 1 fully saturated rings. The zero-order valence-electron chi connectivity index (χ0n) is 20.8. The van der Waals surface area contributed by atoms with Gasteiger partial charge in [0.1, 0.15) is 11.5 Å². The van der Waals surface area contributed by atoms with Crippen LogP contribution in [0.4, 0.5) is 11.4 Å². The highest BCUT2D eigenvalue weighted by atomic mass is 79.9. The minimum atomic E-state index is -1.31. The number of hydrogen-bond acceptors (Lipinski definition) is 4. The first-order chi connectivity index (χ1) is 19.0. The van der Waals surface area contributed by atoms with Gasteiger partial charge in [0.15, 0.2) is 11.6 Å². The first-order valence-corrected chi connectivity index (χ1v) is 13.7. The topological polar surface area (TPSA) is 66.5 Å². The highest BCUT2D eigenvalue weighted by Crippen LogP contribution is 2.58. The molecule has 39 heavy (non-hydrogen) atoms. The summed E-state index contributed by atoms with van der Waals surface area (Å²) in [6.45, 7) is 0. The molecular weight excluding hydrogens is 552 g/mol. The second-order valence-corrected chi connectivity index (χ2v) is 11.1. The van der Waals surface area contributed by atoms with Crippen molar-refractivity contribution in [2.45, 2.75) is 17.5 Å². The van der Waals surface area contributed by atoms with Crippen LogP contribution in [-0.2, 0) is 10.2 Å². The number of nitrogens with one attached hydrogen (secondary N) is 1. The van der Waals surface area contributed by atoms with E-state index in [9.17, 15) is 14.4 Å². The maximum atomic E-state index is 14.6. The molecule has 4 atom stereocenters. The van der Waals surface area contributed by atoms with E-state index in [4.69, 9.17) is 0 Å². The lowest BCUT2D eigenvalue weighted by Crippen LogP contribution is -2.51. The molecule has 6 heteroatoms. The van der Waals surface area contributed by atoms with Crippen LogP contribution in [0.3, 0.4) is 0 Å². The molecule has 3 aliphatic rings. The summed E-state index contributed by atoms with van der Waals surface area (Å²) < 4.78 is 0.907. The largest absolute Gasteiger partial charge is 0.352 e. The lowest BCUT2D eigenvalue weighted by molar-refractivity contribution is -0.121. The summed E-state index contributed by atoms with van der Waals surface area (Å²) in [4.78, 5) is 45.5. The van der Waals surface area contributed by atoms with Gasteiger partial charge < -0.3 is 10.2 Å². The fourth-order valence-electron chi connectivity index (χ4n) is 6.71. The normalized spacial score (nSPS) is 24.2. The fourth-order valence-corrected chi connectivity index (χ4v) is 7.08. The molecule has 0 aliphatic carbocycles. The van der Waals surface area contributed by atoms with Gasteiger partial charge in [-0.25, -0.2) is 0 Å². The Morgan fingerprint density at radius 3 is 2.15 bits per heavy atom. The Bertz CT molecular complexity index is 1680. The third kappa shape index (κ3) is 3.34. The Morgan fingerprint density at radius 2 is 1.44 bits per heavy atom. The van der Waals surface area contributed by atoms with E-state index in [1.165, 1.54) is 0 Å². The average molecular weight is 575 g/mol. The molecule has 1 N–H and O–H groups in total. The average Bonchev–Trinajstić information content (AvgIpc) is 3.45. The molecule has 0 saturated carbocycles. The number of carbonyl (C=O) groups excluding carboxylic acids is 3. The summed E-state index contributed by atoms with van der Waals surface area (Å²) in [6, 6.07) is 30.0. The maximum absolute atomic E-state index is 14.6. The second-order valence-electron chi connectivity index (χ2n) is 10.2. The Labute approximate surface area is 234 Å². The molecule has 190 valence electrons. The van der Waals surface area contributed by atoms with Gasteiger partial charge in [0.2, 0.25) is 5.91 Å². The van der Waals surface area contributed by atoms with Gasteiger partial charge in [-0.15, -0.1) is 0 Å². The predicted molar refractivity (Wildman–Crippen MR) is 155 cm³/mol. The molecule has 5 nitrogen and oxygen atoms in total. The first kappa shape index (κ1) is 23.8. The third-order valence-corrected chi connectivity index (χ3v) is 8.76. The lowest BCUT2D eigenvalue weighted by atomic mass is 9.64. The molecule has 3 heterocycles. The number of halogens is 1. The zero-order valence-corrected chi connectivity index (χ0v) is 22.3. The molecule has 4 aromatic carbocycles. The van der Waals surface area contributed by atoms with Gasteiger partial charge in [-0.1, -0.05) is 107 Å². The summed E-state index contributed by atoms with van der Waals surface area (Å²) in [7, 11) is 0. The van der Waals surface area contributed by atoms with E-state index in [-0.39, 0.29) is 17.5 Å². The number of nitrogens with zero attached hydrogens (tertiary/aromatic N) is 1. The highest BCUT2D eigenvalue weighted by molar-refractivity contribution is 9.10. The highest BCUT2D eigenvalue weighted by Gasteiger charge is 2.70. The predicted octanol–water partition coefficient (Wildman–Crippen LogP) is 6.31. The maximum Gasteiger partial charge on any atom is 0.238 e. The zero-order chi connectivity index (χ0) is 26.7. The van der Waals surface area contributed by atoms with Crippen molar-refractivity contribution < 1.29 is 14.4 Å². The van der Waals surface area contributed by atoms with Crippen LogP contribution in [0.2, 0.25) is 0 Å². The quantitative estimate of drug-likeness (QED) is 0.290. The van der Waals surface area contributed by atoms with E-state index < -0.39 is 23.4 Å². The Morgan fingerprint density at radius 1 is 0.795 bits per heavy atom. The van der Waals surface area contributed by atoms with Crippen molar-refractivity contribution >= 4 is 50.9 Å². The Kier molecular flexibility index (Phi) is 5.42. The second kappa shape index (κ2) is 8.89. The smallest absolute Gasteiger partial charge is 0.238 e. The standard InChI is InChI=1S/C33H23BrN2O3/c34-23-16-17-26-22(19-23)15-18-27-33(24-13-7-8-14-25(24)35-32(33)39)28(30(37)20-9-3-1-4-10-20)29(36(26)27)31(38)21-11-5-2-6-12-21/h1-19,27-29H,(H,35,39)/t27-,28+,29-,33-/m0/s1. The molecule has 0 aromatic heterocycles. The van der Waals surface area contributed by atoms with Gasteiger partial charge in [0.05, 0.1) is 12.0 Å². The van der Waals surface area contributed by atoms with Gasteiger partial charge in [0.25, 0.3) is 0 Å². The third-order valence-electron chi connectivity index (χ3n) is 8.26. The van der Waals surface area contributed by atoms with Crippen LogP contribution < -0.4 is 10.2 Å². The number of benzene rings is 4. The number of Topliss-reactive ketones (excluding diaryl/α,β-unsaturated/α-hetero) is 2. The fraction of sp³-hybridized carbons (Fsp3) is 0.121. The molecule has 3 aliphatic heterocycles. The van der Waals surface area contributed by atoms with Crippen LogP contribution in [0, 0.1) is 5.92 Å². The van der Waals surface area contributed by atoms with Gasteiger partial charge >= 0.3 is 0 Å². The molecular formula is C33H23BrN2O3. The van der Waals surface area contributed by atoms with E-state index in [1.54, 1.807) is 24.3 Å². The van der Waals surface area contributed by atoms with E-state index in [1.807, 2.05) is 95.9 Å². The lowest BCUT2D eigenvalue weighted by Gasteiger charge is -2.37. The molecule has 7 rings (SSSR count). The first-order valence-electron chi connectivity index (χ1n) is 12.9. The summed E-state index contributed by atoms with van der Waals surface area (Å²) in [6.07, 6.45) is 3.98. The van der Waals surface area contributed by atoms with Crippen LogP contribution in [0.5, 0.6) is 0 Å². The van der Waals surface area contributed by atoms with Crippen molar-refractivity contribution in [2.24, 2.45) is 5.92 Å². The monoisotopic (exact) mass is 574 g/mol. The summed E-state index contributed by atoms with van der Waals surface area (Å²) in [5, 5.41) is 3.06. The number of amides is 1. The van der Waals surface area contributed by atoms with E-state index in [2.05, 4.69) is 21.2 Å². The summed E-state index contributed by atoms with van der Waals surface area (Å²) >= 11 is 3.56. The molecule has 0 unspecified atom stereocenters. The molecule has 4 aromatic rings. The number of ketones is 2. The minimum absolute atomic E-state index is 0.187. The SMILES string of the molecule is O=C(c1ccccc1)[C@@H]1[C@H](C(=O)c2ccccc2)[C@@]2(C(=O)Nc3ccccc32)[C@@H]2C=Cc3cc(Br)ccc3N12. The van der Waals surface area contributed by atoms with Crippen molar-refractivity contribution in [2.75, 3.05) is 10.2 Å². The van der Waals surface area contributed by atoms with Crippen LogP contribution >= 0.6 is 15.9 Å². The van der Waals surface area contributed by atoms with E-state index in [0.29, 0.717) is 16.8 Å². The van der Waals surface area contributed by atoms with Crippen LogP contribution in [0.1, 0.15) is 31.8 Å². The van der Waals surface area contributed by atoms with Gasteiger partial charge in [-0.05, 0) is 35.4 Å². The van der Waals surface area contributed by atoms with Gasteiger partial charge in [-0.3, -0.25) is 14.4 Å².